The molecule has 1 aromatic rings. The molecule has 8 heteroatoms. The van der Waals surface area contributed by atoms with Crippen LogP contribution >= 0.6 is 0 Å². The monoisotopic (exact) mass is 360 g/mol. The third kappa shape index (κ3) is 3.44. The zero-order chi connectivity index (χ0) is 18.7. The molecule has 2 aliphatic rings. The van der Waals surface area contributed by atoms with Crippen molar-refractivity contribution in [2.75, 3.05) is 19.0 Å². The van der Waals surface area contributed by atoms with Gasteiger partial charge in [-0.15, -0.1) is 0 Å². The zero-order valence-corrected chi connectivity index (χ0v) is 15.0. The summed E-state index contributed by atoms with van der Waals surface area (Å²) in [4.78, 5) is 37.1. The van der Waals surface area contributed by atoms with Crippen molar-refractivity contribution in [1.29, 1.82) is 0 Å². The van der Waals surface area contributed by atoms with Crippen LogP contribution in [0.2, 0.25) is 0 Å². The molecule has 0 atom stereocenters. The van der Waals surface area contributed by atoms with Crippen LogP contribution in [0.5, 0.6) is 5.75 Å². The molecule has 1 spiro atoms. The summed E-state index contributed by atoms with van der Waals surface area (Å²) in [7, 11) is 1.54. The number of hydrogen-bond acceptors (Lipinski definition) is 5. The first-order valence-electron chi connectivity index (χ1n) is 8.78. The van der Waals surface area contributed by atoms with E-state index in [2.05, 4.69) is 23.0 Å². The number of hydrogen-bond donors (Lipinski definition) is 3. The molecule has 1 saturated heterocycles. The Bertz CT molecular complexity index is 713. The van der Waals surface area contributed by atoms with E-state index in [1.54, 1.807) is 12.1 Å². The molecule has 3 rings (SSSR count). The molecule has 1 saturated carbocycles. The van der Waals surface area contributed by atoms with E-state index in [9.17, 15) is 14.4 Å². The third-order valence-corrected chi connectivity index (χ3v) is 5.07. The van der Waals surface area contributed by atoms with Crippen LogP contribution in [0, 0.1) is 5.92 Å². The highest BCUT2D eigenvalue weighted by Gasteiger charge is 2.52. The molecule has 1 aliphatic carbocycles. The Labute approximate surface area is 152 Å². The molecule has 2 fully saturated rings. The van der Waals surface area contributed by atoms with Crippen LogP contribution in [0.15, 0.2) is 24.3 Å². The molecule has 0 bridgehead atoms. The molecule has 1 heterocycles. The van der Waals surface area contributed by atoms with Crippen molar-refractivity contribution >= 4 is 23.5 Å². The minimum absolute atomic E-state index is 0.0958. The minimum atomic E-state index is -0.868. The van der Waals surface area contributed by atoms with Gasteiger partial charge in [-0.25, -0.2) is 4.79 Å². The lowest BCUT2D eigenvalue weighted by Gasteiger charge is -2.33. The van der Waals surface area contributed by atoms with Crippen LogP contribution in [0.25, 0.3) is 0 Å². The normalized spacial score (nSPS) is 25.2. The van der Waals surface area contributed by atoms with E-state index in [0.29, 0.717) is 30.2 Å². The number of benzene rings is 1. The second-order valence-electron chi connectivity index (χ2n) is 6.92. The lowest BCUT2D eigenvalue weighted by atomic mass is 9.77. The topological polar surface area (TPSA) is 99.8 Å². The lowest BCUT2D eigenvalue weighted by Crippen LogP contribution is -2.52. The standard InChI is InChI=1S/C18H24N4O4/c1-12-7-9-18(10-8-12)16(24)22(17(25)20-18)21-15(23)11-19-13-5-3-4-6-14(13)26-2/h3-6,12,19H,7-11H2,1-2H3,(H,20,25)(H,21,23). The fourth-order valence-electron chi connectivity index (χ4n) is 3.45. The Morgan fingerprint density at radius 1 is 1.31 bits per heavy atom. The van der Waals surface area contributed by atoms with Gasteiger partial charge in [0.2, 0.25) is 0 Å². The largest absolute Gasteiger partial charge is 0.495 e. The van der Waals surface area contributed by atoms with Gasteiger partial charge in [-0.2, -0.15) is 5.01 Å². The maximum absolute atomic E-state index is 12.7. The number of imide groups is 1. The van der Waals surface area contributed by atoms with Crippen molar-refractivity contribution in [1.82, 2.24) is 15.8 Å². The number of methoxy groups -OCH3 is 1. The number of nitrogens with zero attached hydrogens (tertiary/aromatic N) is 1. The summed E-state index contributed by atoms with van der Waals surface area (Å²) in [5.74, 6) is 0.283. The first-order valence-corrected chi connectivity index (χ1v) is 8.78. The highest BCUT2D eigenvalue weighted by molar-refractivity contribution is 6.08. The number of hydrazine groups is 1. The van der Waals surface area contributed by atoms with Gasteiger partial charge in [-0.05, 0) is 43.7 Å². The third-order valence-electron chi connectivity index (χ3n) is 5.07. The van der Waals surface area contributed by atoms with E-state index in [4.69, 9.17) is 4.74 Å². The van der Waals surface area contributed by atoms with E-state index in [1.165, 1.54) is 7.11 Å². The smallest absolute Gasteiger partial charge is 0.344 e. The molecule has 1 aliphatic heterocycles. The van der Waals surface area contributed by atoms with Gasteiger partial charge >= 0.3 is 6.03 Å². The molecular formula is C18H24N4O4. The molecule has 1 aromatic carbocycles. The van der Waals surface area contributed by atoms with Gasteiger partial charge in [0.15, 0.2) is 0 Å². The first-order chi connectivity index (χ1) is 12.4. The Kier molecular flexibility index (Phi) is 5.01. The van der Waals surface area contributed by atoms with Gasteiger partial charge < -0.3 is 15.4 Å². The lowest BCUT2D eigenvalue weighted by molar-refractivity contribution is -0.139. The summed E-state index contributed by atoms with van der Waals surface area (Å²) < 4.78 is 5.21. The quantitative estimate of drug-likeness (QED) is 0.693. The molecule has 0 aromatic heterocycles. The van der Waals surface area contributed by atoms with Crippen molar-refractivity contribution in [3.05, 3.63) is 24.3 Å². The number of carbonyl (C=O) groups is 3. The molecule has 3 N–H and O–H groups in total. The van der Waals surface area contributed by atoms with Crippen molar-refractivity contribution in [2.45, 2.75) is 38.1 Å². The Hall–Kier alpha value is -2.77. The number of carbonyl (C=O) groups excluding carboxylic acids is 3. The predicted molar refractivity (Wildman–Crippen MR) is 95.4 cm³/mol. The molecule has 26 heavy (non-hydrogen) atoms. The van der Waals surface area contributed by atoms with Gasteiger partial charge in [0, 0.05) is 0 Å². The van der Waals surface area contributed by atoms with Crippen molar-refractivity contribution in [3.8, 4) is 5.75 Å². The summed E-state index contributed by atoms with van der Waals surface area (Å²) in [6.45, 7) is 2.04. The van der Waals surface area contributed by atoms with E-state index in [-0.39, 0.29) is 12.5 Å². The van der Waals surface area contributed by atoms with Crippen molar-refractivity contribution < 1.29 is 19.1 Å². The number of urea groups is 1. The number of nitrogens with one attached hydrogen (secondary N) is 3. The first kappa shape index (κ1) is 18.0. The number of anilines is 1. The van der Waals surface area contributed by atoms with Gasteiger partial charge in [0.05, 0.1) is 19.3 Å². The van der Waals surface area contributed by atoms with E-state index >= 15 is 0 Å². The Morgan fingerprint density at radius 2 is 2.00 bits per heavy atom. The maximum atomic E-state index is 12.7. The fourth-order valence-corrected chi connectivity index (χ4v) is 3.45. The molecule has 0 unspecified atom stereocenters. The second-order valence-corrected chi connectivity index (χ2v) is 6.92. The predicted octanol–water partition coefficient (Wildman–Crippen LogP) is 1.64. The number of ether oxygens (including phenoxy) is 1. The highest BCUT2D eigenvalue weighted by Crippen LogP contribution is 2.35. The van der Waals surface area contributed by atoms with Crippen LogP contribution in [0.3, 0.4) is 0 Å². The van der Waals surface area contributed by atoms with Crippen LogP contribution in [-0.4, -0.2) is 42.0 Å². The number of para-hydroxylation sites is 2. The minimum Gasteiger partial charge on any atom is -0.495 e. The molecule has 4 amide bonds. The zero-order valence-electron chi connectivity index (χ0n) is 15.0. The number of rotatable bonds is 5. The van der Waals surface area contributed by atoms with Crippen LogP contribution in [-0.2, 0) is 9.59 Å². The van der Waals surface area contributed by atoms with Crippen LogP contribution in [0.4, 0.5) is 10.5 Å². The molecular weight excluding hydrogens is 336 g/mol. The summed E-state index contributed by atoms with van der Waals surface area (Å²) >= 11 is 0. The molecule has 140 valence electrons. The molecule has 0 radical (unpaired) electrons. The van der Waals surface area contributed by atoms with E-state index in [1.807, 2.05) is 12.1 Å². The van der Waals surface area contributed by atoms with Gasteiger partial charge in [0.1, 0.15) is 11.3 Å². The van der Waals surface area contributed by atoms with Crippen molar-refractivity contribution in [3.63, 3.8) is 0 Å². The highest BCUT2D eigenvalue weighted by atomic mass is 16.5. The van der Waals surface area contributed by atoms with Gasteiger partial charge in [-0.3, -0.25) is 15.0 Å². The Balaban J connectivity index is 1.59. The van der Waals surface area contributed by atoms with E-state index < -0.39 is 17.5 Å². The van der Waals surface area contributed by atoms with Crippen molar-refractivity contribution in [2.24, 2.45) is 5.92 Å². The Morgan fingerprint density at radius 3 is 2.69 bits per heavy atom. The van der Waals surface area contributed by atoms with Crippen LogP contribution < -0.4 is 20.8 Å². The molecule has 8 nitrogen and oxygen atoms in total. The summed E-state index contributed by atoms with van der Waals surface area (Å²) in [5, 5.41) is 6.51. The average Bonchev–Trinajstić information content (AvgIpc) is 2.87. The van der Waals surface area contributed by atoms with Crippen LogP contribution in [0.1, 0.15) is 32.6 Å². The van der Waals surface area contributed by atoms with Gasteiger partial charge in [-0.1, -0.05) is 19.1 Å². The van der Waals surface area contributed by atoms with Gasteiger partial charge in [0.25, 0.3) is 11.8 Å². The fraction of sp³-hybridized carbons (Fsp3) is 0.500. The van der Waals surface area contributed by atoms with E-state index in [0.717, 1.165) is 17.9 Å². The average molecular weight is 360 g/mol. The summed E-state index contributed by atoms with van der Waals surface area (Å²) in [5.41, 5.74) is 2.18. The number of amides is 4. The summed E-state index contributed by atoms with van der Waals surface area (Å²) in [6.07, 6.45) is 2.96. The second kappa shape index (κ2) is 7.23. The SMILES string of the molecule is COc1ccccc1NCC(=O)NN1C(=O)NC2(CCC(C)CC2)C1=O. The summed E-state index contributed by atoms with van der Waals surface area (Å²) in [6, 6.07) is 6.61. The maximum Gasteiger partial charge on any atom is 0.344 e.